The number of rotatable bonds is 7. The molecule has 17 heavy (non-hydrogen) atoms. The van der Waals surface area contributed by atoms with Gasteiger partial charge in [-0.25, -0.2) is 0 Å². The molecule has 0 saturated heterocycles. The molecular formula is C15H22N2. The van der Waals surface area contributed by atoms with Crippen molar-refractivity contribution < 1.29 is 0 Å². The van der Waals surface area contributed by atoms with Crippen molar-refractivity contribution in [1.82, 2.24) is 10.2 Å². The van der Waals surface area contributed by atoms with Crippen LogP contribution in [0.1, 0.15) is 24.5 Å². The maximum Gasteiger partial charge on any atom is 0.0599 e. The second-order valence-electron chi connectivity index (χ2n) is 4.37. The molecule has 0 unspecified atom stereocenters. The molecule has 0 aromatic heterocycles. The van der Waals surface area contributed by atoms with Crippen LogP contribution in [0, 0.1) is 12.3 Å². The van der Waals surface area contributed by atoms with Gasteiger partial charge < -0.3 is 5.32 Å². The number of terminal acetylenes is 1. The molecule has 0 atom stereocenters. The second-order valence-corrected chi connectivity index (χ2v) is 4.37. The summed E-state index contributed by atoms with van der Waals surface area (Å²) in [6.07, 6.45) is 6.46. The first-order valence-electron chi connectivity index (χ1n) is 6.16. The van der Waals surface area contributed by atoms with E-state index in [9.17, 15) is 0 Å². The van der Waals surface area contributed by atoms with Gasteiger partial charge in [0.05, 0.1) is 6.54 Å². The monoisotopic (exact) mass is 230 g/mol. The Bertz CT molecular complexity index is 365. The topological polar surface area (TPSA) is 15.3 Å². The minimum absolute atomic E-state index is 0.693. The molecule has 0 spiro atoms. The Balaban J connectivity index is 2.50. The minimum atomic E-state index is 0.693. The van der Waals surface area contributed by atoms with E-state index in [2.05, 4.69) is 47.3 Å². The number of nitrogens with zero attached hydrogens (tertiary/aromatic N) is 1. The third-order valence-electron chi connectivity index (χ3n) is 2.56. The van der Waals surface area contributed by atoms with E-state index in [1.165, 1.54) is 17.5 Å². The third-order valence-corrected chi connectivity index (χ3v) is 2.56. The molecule has 1 rings (SSSR count). The van der Waals surface area contributed by atoms with Gasteiger partial charge in [0, 0.05) is 13.1 Å². The Morgan fingerprint density at radius 2 is 2.12 bits per heavy atom. The van der Waals surface area contributed by atoms with Crippen LogP contribution < -0.4 is 5.32 Å². The quantitative estimate of drug-likeness (QED) is 0.571. The van der Waals surface area contributed by atoms with Crippen LogP contribution in [-0.4, -0.2) is 25.0 Å². The van der Waals surface area contributed by atoms with Gasteiger partial charge in [-0.05, 0) is 31.1 Å². The molecule has 0 bridgehead atoms. The van der Waals surface area contributed by atoms with Crippen molar-refractivity contribution in [3.8, 4) is 12.3 Å². The second kappa shape index (κ2) is 7.89. The standard InChI is InChI=1S/C15H22N2/c1-4-9-16-12-14-7-6-8-15(11-14)13-17(3)10-5-2/h2,6-8,11,16H,4,9-10,12-13H2,1,3H3. The predicted molar refractivity (Wildman–Crippen MR) is 73.6 cm³/mol. The Hall–Kier alpha value is -1.30. The van der Waals surface area contributed by atoms with Crippen LogP contribution in [0.15, 0.2) is 24.3 Å². The van der Waals surface area contributed by atoms with Gasteiger partial charge in [-0.1, -0.05) is 37.1 Å². The summed E-state index contributed by atoms with van der Waals surface area (Å²) in [7, 11) is 2.04. The van der Waals surface area contributed by atoms with Crippen molar-refractivity contribution >= 4 is 0 Å². The van der Waals surface area contributed by atoms with Crippen molar-refractivity contribution in [1.29, 1.82) is 0 Å². The molecule has 0 heterocycles. The minimum Gasteiger partial charge on any atom is -0.313 e. The van der Waals surface area contributed by atoms with Crippen molar-refractivity contribution in [2.45, 2.75) is 26.4 Å². The normalized spacial score (nSPS) is 10.5. The van der Waals surface area contributed by atoms with Gasteiger partial charge >= 0.3 is 0 Å². The van der Waals surface area contributed by atoms with Crippen molar-refractivity contribution in [3.63, 3.8) is 0 Å². The van der Waals surface area contributed by atoms with E-state index < -0.39 is 0 Å². The summed E-state index contributed by atoms with van der Waals surface area (Å²) in [6.45, 7) is 5.80. The highest BCUT2D eigenvalue weighted by Crippen LogP contribution is 2.07. The number of benzene rings is 1. The fraction of sp³-hybridized carbons (Fsp3) is 0.467. The van der Waals surface area contributed by atoms with Crippen LogP contribution in [0.25, 0.3) is 0 Å². The van der Waals surface area contributed by atoms with Gasteiger partial charge in [0.15, 0.2) is 0 Å². The molecule has 0 aliphatic heterocycles. The zero-order valence-electron chi connectivity index (χ0n) is 10.9. The molecule has 0 saturated carbocycles. The highest BCUT2D eigenvalue weighted by Gasteiger charge is 1.99. The van der Waals surface area contributed by atoms with Crippen LogP contribution in [0.3, 0.4) is 0 Å². The first kappa shape index (κ1) is 13.8. The van der Waals surface area contributed by atoms with Gasteiger partial charge in [-0.2, -0.15) is 0 Å². The van der Waals surface area contributed by atoms with E-state index in [1.54, 1.807) is 0 Å². The van der Waals surface area contributed by atoms with Crippen LogP contribution in [0.5, 0.6) is 0 Å². The predicted octanol–water partition coefficient (Wildman–Crippen LogP) is 2.25. The number of hydrogen-bond acceptors (Lipinski definition) is 2. The van der Waals surface area contributed by atoms with E-state index >= 15 is 0 Å². The summed E-state index contributed by atoms with van der Waals surface area (Å²) in [5, 5.41) is 3.41. The SMILES string of the molecule is C#CCN(C)Cc1cccc(CNCCC)c1. The molecule has 2 nitrogen and oxygen atoms in total. The maximum absolute atomic E-state index is 5.29. The summed E-state index contributed by atoms with van der Waals surface area (Å²) in [6, 6.07) is 8.67. The van der Waals surface area contributed by atoms with E-state index in [0.29, 0.717) is 6.54 Å². The summed E-state index contributed by atoms with van der Waals surface area (Å²) < 4.78 is 0. The van der Waals surface area contributed by atoms with Crippen molar-refractivity contribution in [2.24, 2.45) is 0 Å². The fourth-order valence-electron chi connectivity index (χ4n) is 1.77. The summed E-state index contributed by atoms with van der Waals surface area (Å²) in [5.74, 6) is 2.66. The highest BCUT2D eigenvalue weighted by molar-refractivity contribution is 5.23. The lowest BCUT2D eigenvalue weighted by atomic mass is 10.1. The molecule has 0 radical (unpaired) electrons. The third kappa shape index (κ3) is 5.53. The number of hydrogen-bond donors (Lipinski definition) is 1. The van der Waals surface area contributed by atoms with E-state index in [-0.39, 0.29) is 0 Å². The molecule has 1 aromatic rings. The van der Waals surface area contributed by atoms with Gasteiger partial charge in [0.25, 0.3) is 0 Å². The molecular weight excluding hydrogens is 208 g/mol. The fourth-order valence-corrected chi connectivity index (χ4v) is 1.77. The van der Waals surface area contributed by atoms with Crippen molar-refractivity contribution in [3.05, 3.63) is 35.4 Å². The lowest BCUT2D eigenvalue weighted by molar-refractivity contribution is 0.369. The van der Waals surface area contributed by atoms with Crippen LogP contribution in [0.2, 0.25) is 0 Å². The summed E-state index contributed by atoms with van der Waals surface area (Å²) >= 11 is 0. The zero-order chi connectivity index (χ0) is 12.5. The van der Waals surface area contributed by atoms with Crippen LogP contribution in [-0.2, 0) is 13.1 Å². The average molecular weight is 230 g/mol. The molecule has 1 N–H and O–H groups in total. The largest absolute Gasteiger partial charge is 0.313 e. The Kier molecular flexibility index (Phi) is 6.39. The molecule has 0 aliphatic carbocycles. The molecule has 92 valence electrons. The number of nitrogens with one attached hydrogen (secondary N) is 1. The van der Waals surface area contributed by atoms with E-state index in [0.717, 1.165) is 19.6 Å². The van der Waals surface area contributed by atoms with Gasteiger partial charge in [-0.3, -0.25) is 4.90 Å². The Morgan fingerprint density at radius 3 is 2.82 bits per heavy atom. The maximum atomic E-state index is 5.29. The van der Waals surface area contributed by atoms with Gasteiger partial charge in [0.2, 0.25) is 0 Å². The molecule has 2 heteroatoms. The Labute approximate surface area is 105 Å². The molecule has 0 aliphatic rings. The average Bonchev–Trinajstić information content (AvgIpc) is 2.30. The Morgan fingerprint density at radius 1 is 1.35 bits per heavy atom. The zero-order valence-corrected chi connectivity index (χ0v) is 10.9. The molecule has 0 amide bonds. The van der Waals surface area contributed by atoms with Gasteiger partial charge in [-0.15, -0.1) is 6.42 Å². The van der Waals surface area contributed by atoms with E-state index in [1.807, 2.05) is 7.05 Å². The lowest BCUT2D eigenvalue weighted by Crippen LogP contribution is -2.18. The van der Waals surface area contributed by atoms with E-state index in [4.69, 9.17) is 6.42 Å². The van der Waals surface area contributed by atoms with Crippen LogP contribution in [0.4, 0.5) is 0 Å². The van der Waals surface area contributed by atoms with Crippen molar-refractivity contribution in [2.75, 3.05) is 20.1 Å². The van der Waals surface area contributed by atoms with Gasteiger partial charge in [0.1, 0.15) is 0 Å². The molecule has 0 fully saturated rings. The first-order chi connectivity index (χ1) is 8.26. The molecule has 1 aromatic carbocycles. The first-order valence-corrected chi connectivity index (χ1v) is 6.16. The van der Waals surface area contributed by atoms with Crippen LogP contribution >= 0.6 is 0 Å². The smallest absolute Gasteiger partial charge is 0.0599 e. The highest BCUT2D eigenvalue weighted by atomic mass is 15.1. The lowest BCUT2D eigenvalue weighted by Gasteiger charge is -2.14. The summed E-state index contributed by atoms with van der Waals surface area (Å²) in [5.41, 5.74) is 2.66. The summed E-state index contributed by atoms with van der Waals surface area (Å²) in [4.78, 5) is 2.14.